The molecule has 1 N–H and O–H groups in total. The molecule has 1 heterocycles. The molecule has 96 valence electrons. The Morgan fingerprint density at radius 2 is 2.29 bits per heavy atom. The monoisotopic (exact) mass is 260 g/mol. The van der Waals surface area contributed by atoms with Gasteiger partial charge in [0.1, 0.15) is 0 Å². The Morgan fingerprint density at radius 1 is 1.65 bits per heavy atom. The van der Waals surface area contributed by atoms with Crippen molar-refractivity contribution in [3.8, 4) is 6.07 Å². The van der Waals surface area contributed by atoms with E-state index in [-0.39, 0.29) is 25.3 Å². The van der Waals surface area contributed by atoms with Crippen LogP contribution in [0.25, 0.3) is 0 Å². The maximum absolute atomic E-state index is 12.0. The highest BCUT2D eigenvalue weighted by Crippen LogP contribution is 2.24. The molecule has 1 saturated heterocycles. The van der Waals surface area contributed by atoms with Gasteiger partial charge in [0.15, 0.2) is 5.25 Å². The molecule has 17 heavy (non-hydrogen) atoms. The third-order valence-corrected chi connectivity index (χ3v) is 5.16. The van der Waals surface area contributed by atoms with E-state index in [4.69, 9.17) is 10.4 Å². The number of carbonyl (C=O) groups is 1. The van der Waals surface area contributed by atoms with Crippen molar-refractivity contribution in [1.82, 2.24) is 4.31 Å². The average Bonchev–Trinajstić information content (AvgIpc) is 2.67. The van der Waals surface area contributed by atoms with Crippen molar-refractivity contribution in [2.75, 3.05) is 13.1 Å². The van der Waals surface area contributed by atoms with Gasteiger partial charge in [-0.25, -0.2) is 12.7 Å². The van der Waals surface area contributed by atoms with Gasteiger partial charge in [0, 0.05) is 19.5 Å². The first-order chi connectivity index (χ1) is 7.91. The van der Waals surface area contributed by atoms with Gasteiger partial charge in [-0.05, 0) is 18.8 Å². The number of carboxylic acids is 1. The Balaban J connectivity index is 2.71. The fraction of sp³-hybridized carbons (Fsp3) is 0.800. The first-order valence-corrected chi connectivity index (χ1v) is 7.02. The lowest BCUT2D eigenvalue weighted by Crippen LogP contribution is -2.36. The zero-order valence-corrected chi connectivity index (χ0v) is 10.5. The topological polar surface area (TPSA) is 98.5 Å². The van der Waals surface area contributed by atoms with Gasteiger partial charge in [-0.15, -0.1) is 0 Å². The smallest absolute Gasteiger partial charge is 0.303 e. The van der Waals surface area contributed by atoms with Crippen LogP contribution in [0.5, 0.6) is 0 Å². The van der Waals surface area contributed by atoms with Crippen molar-refractivity contribution in [3.63, 3.8) is 0 Å². The maximum atomic E-state index is 12.0. The van der Waals surface area contributed by atoms with Gasteiger partial charge < -0.3 is 5.11 Å². The van der Waals surface area contributed by atoms with E-state index in [9.17, 15) is 13.2 Å². The summed E-state index contributed by atoms with van der Waals surface area (Å²) in [4.78, 5) is 10.5. The number of hydrogen-bond donors (Lipinski definition) is 1. The summed E-state index contributed by atoms with van der Waals surface area (Å²) >= 11 is 0. The Hall–Kier alpha value is -1.13. The second-order valence-corrected chi connectivity index (χ2v) is 6.30. The molecule has 2 atom stereocenters. The van der Waals surface area contributed by atoms with Crippen LogP contribution in [0.2, 0.25) is 0 Å². The van der Waals surface area contributed by atoms with Gasteiger partial charge >= 0.3 is 5.97 Å². The standard InChI is InChI=1S/C10H16N2O4S/c1-2-9(6-11)17(15,16)12-4-3-8(7-12)5-10(13)14/h8-9H,2-5,7H2,1H3,(H,13,14). The minimum absolute atomic E-state index is 0.0185. The molecule has 0 spiro atoms. The highest BCUT2D eigenvalue weighted by atomic mass is 32.2. The van der Waals surface area contributed by atoms with E-state index < -0.39 is 21.2 Å². The molecule has 1 aliphatic rings. The summed E-state index contributed by atoms with van der Waals surface area (Å²) in [6, 6.07) is 1.78. The van der Waals surface area contributed by atoms with Gasteiger partial charge in [0.2, 0.25) is 10.0 Å². The second-order valence-electron chi connectivity index (χ2n) is 4.18. The summed E-state index contributed by atoms with van der Waals surface area (Å²) in [6.07, 6.45) is 0.779. The SMILES string of the molecule is CCC(C#N)S(=O)(=O)N1CCC(CC(=O)O)C1. The molecular formula is C10H16N2O4S. The third-order valence-electron chi connectivity index (χ3n) is 2.95. The number of nitriles is 1. The van der Waals surface area contributed by atoms with Crippen molar-refractivity contribution >= 4 is 16.0 Å². The number of nitrogens with zero attached hydrogens (tertiary/aromatic N) is 2. The van der Waals surface area contributed by atoms with Crippen LogP contribution in [-0.4, -0.2) is 42.1 Å². The van der Waals surface area contributed by atoms with Gasteiger partial charge in [-0.2, -0.15) is 5.26 Å². The van der Waals surface area contributed by atoms with Crippen molar-refractivity contribution < 1.29 is 18.3 Å². The van der Waals surface area contributed by atoms with E-state index in [1.807, 2.05) is 0 Å². The van der Waals surface area contributed by atoms with Crippen LogP contribution in [0, 0.1) is 17.2 Å². The summed E-state index contributed by atoms with van der Waals surface area (Å²) in [5, 5.41) is 16.4. The van der Waals surface area contributed by atoms with Crippen molar-refractivity contribution in [3.05, 3.63) is 0 Å². The summed E-state index contributed by atoms with van der Waals surface area (Å²) in [7, 11) is -3.59. The van der Waals surface area contributed by atoms with Gasteiger partial charge in [0.25, 0.3) is 0 Å². The molecule has 0 saturated carbocycles. The Morgan fingerprint density at radius 3 is 2.76 bits per heavy atom. The lowest BCUT2D eigenvalue weighted by molar-refractivity contribution is -0.137. The Bertz CT molecular complexity index is 426. The van der Waals surface area contributed by atoms with E-state index in [1.54, 1.807) is 13.0 Å². The maximum Gasteiger partial charge on any atom is 0.303 e. The van der Waals surface area contributed by atoms with Gasteiger partial charge in [-0.3, -0.25) is 4.79 Å². The first-order valence-electron chi connectivity index (χ1n) is 5.52. The number of aliphatic carboxylic acids is 1. The quantitative estimate of drug-likeness (QED) is 0.772. The van der Waals surface area contributed by atoms with E-state index in [1.165, 1.54) is 4.31 Å². The molecule has 0 radical (unpaired) electrons. The average molecular weight is 260 g/mol. The first kappa shape index (κ1) is 13.9. The molecule has 2 unspecified atom stereocenters. The third kappa shape index (κ3) is 3.17. The van der Waals surface area contributed by atoms with E-state index in [0.717, 1.165) is 0 Å². The summed E-state index contributed by atoms with van der Waals surface area (Å²) in [5.74, 6) is -1.06. The normalized spacial score (nSPS) is 23.2. The number of carboxylic acid groups (broad SMARTS) is 1. The molecule has 6 nitrogen and oxygen atoms in total. The lowest BCUT2D eigenvalue weighted by Gasteiger charge is -2.18. The minimum atomic E-state index is -3.59. The fourth-order valence-corrected chi connectivity index (χ4v) is 3.68. The summed E-state index contributed by atoms with van der Waals surface area (Å²) in [5.41, 5.74) is 0. The Labute approximate surface area is 101 Å². The molecule has 0 aromatic heterocycles. The van der Waals surface area contributed by atoms with E-state index in [0.29, 0.717) is 13.0 Å². The van der Waals surface area contributed by atoms with Crippen LogP contribution < -0.4 is 0 Å². The highest BCUT2D eigenvalue weighted by molar-refractivity contribution is 7.90. The largest absolute Gasteiger partial charge is 0.481 e. The molecule has 1 rings (SSSR count). The predicted molar refractivity (Wildman–Crippen MR) is 60.5 cm³/mol. The molecule has 0 aromatic carbocycles. The van der Waals surface area contributed by atoms with Crippen LogP contribution >= 0.6 is 0 Å². The second kappa shape index (κ2) is 5.47. The van der Waals surface area contributed by atoms with Crippen molar-refractivity contribution in [1.29, 1.82) is 5.26 Å². The molecule has 1 aliphatic heterocycles. The van der Waals surface area contributed by atoms with Crippen molar-refractivity contribution in [2.24, 2.45) is 5.92 Å². The highest BCUT2D eigenvalue weighted by Gasteiger charge is 2.36. The van der Waals surface area contributed by atoms with Gasteiger partial charge in [0.05, 0.1) is 6.07 Å². The van der Waals surface area contributed by atoms with Crippen LogP contribution in [0.3, 0.4) is 0 Å². The molecule has 0 amide bonds. The van der Waals surface area contributed by atoms with Crippen LogP contribution in [-0.2, 0) is 14.8 Å². The molecule has 0 aliphatic carbocycles. The molecule has 7 heteroatoms. The molecule has 1 fully saturated rings. The molecular weight excluding hydrogens is 244 g/mol. The summed E-state index contributed by atoms with van der Waals surface area (Å²) < 4.78 is 25.2. The minimum Gasteiger partial charge on any atom is -0.481 e. The molecule has 0 bridgehead atoms. The van der Waals surface area contributed by atoms with Crippen LogP contribution in [0.1, 0.15) is 26.2 Å². The zero-order valence-electron chi connectivity index (χ0n) is 9.66. The summed E-state index contributed by atoms with van der Waals surface area (Å²) in [6.45, 7) is 2.18. The zero-order chi connectivity index (χ0) is 13.1. The predicted octanol–water partition coefficient (Wildman–Crippen LogP) is 0.415. The molecule has 0 aromatic rings. The number of hydrogen-bond acceptors (Lipinski definition) is 4. The Kier molecular flexibility index (Phi) is 4.48. The number of sulfonamides is 1. The van der Waals surface area contributed by atoms with Gasteiger partial charge in [-0.1, -0.05) is 6.92 Å². The van der Waals surface area contributed by atoms with E-state index >= 15 is 0 Å². The fourth-order valence-electron chi connectivity index (χ4n) is 1.99. The number of rotatable bonds is 5. The van der Waals surface area contributed by atoms with Crippen LogP contribution in [0.4, 0.5) is 0 Å². The lowest BCUT2D eigenvalue weighted by atomic mass is 10.1. The van der Waals surface area contributed by atoms with Crippen LogP contribution in [0.15, 0.2) is 0 Å². The van der Waals surface area contributed by atoms with Crippen molar-refractivity contribution in [2.45, 2.75) is 31.4 Å². The van der Waals surface area contributed by atoms with E-state index in [2.05, 4.69) is 0 Å².